The van der Waals surface area contributed by atoms with Crippen molar-refractivity contribution in [3.05, 3.63) is 69.6 Å². The topological polar surface area (TPSA) is 65.2 Å². The number of H-pyrrole nitrogens is 1. The third-order valence-corrected chi connectivity index (χ3v) is 3.06. The Hall–Kier alpha value is -2.40. The van der Waals surface area contributed by atoms with E-state index in [1.807, 2.05) is 38.4 Å². The van der Waals surface area contributed by atoms with Gasteiger partial charge in [-0.3, -0.25) is 9.59 Å². The Balaban J connectivity index is 2.06. The van der Waals surface area contributed by atoms with Crippen molar-refractivity contribution in [3.63, 3.8) is 0 Å². The van der Waals surface area contributed by atoms with E-state index in [4.69, 9.17) is 0 Å². The van der Waals surface area contributed by atoms with Crippen LogP contribution < -0.4 is 10.9 Å². The van der Waals surface area contributed by atoms with Crippen LogP contribution in [-0.2, 0) is 13.1 Å². The van der Waals surface area contributed by atoms with Crippen LogP contribution in [0.5, 0.6) is 0 Å². The molecule has 2 rings (SSSR count). The molecule has 5 nitrogen and oxygen atoms in total. The highest BCUT2D eigenvalue weighted by atomic mass is 16.2. The van der Waals surface area contributed by atoms with Crippen LogP contribution in [-0.4, -0.2) is 29.9 Å². The first kappa shape index (κ1) is 15.0. The zero-order valence-electron chi connectivity index (χ0n) is 12.2. The molecule has 21 heavy (non-hydrogen) atoms. The second-order valence-corrected chi connectivity index (χ2v) is 5.12. The minimum absolute atomic E-state index is 0.271. The molecule has 0 spiro atoms. The lowest BCUT2D eigenvalue weighted by Crippen LogP contribution is -2.26. The number of aromatic nitrogens is 1. The summed E-state index contributed by atoms with van der Waals surface area (Å²) in [6.45, 7) is 1.24. The Kier molecular flexibility index (Phi) is 4.90. The Labute approximate surface area is 123 Å². The van der Waals surface area contributed by atoms with Gasteiger partial charge in [-0.1, -0.05) is 30.3 Å². The van der Waals surface area contributed by atoms with Crippen molar-refractivity contribution in [1.29, 1.82) is 0 Å². The lowest BCUT2D eigenvalue weighted by molar-refractivity contribution is 0.0945. The average Bonchev–Trinajstić information content (AvgIpc) is 2.45. The molecule has 0 atom stereocenters. The minimum Gasteiger partial charge on any atom is -0.347 e. The maximum Gasteiger partial charge on any atom is 0.268 e. The van der Waals surface area contributed by atoms with Crippen molar-refractivity contribution < 1.29 is 4.79 Å². The van der Waals surface area contributed by atoms with Gasteiger partial charge in [0, 0.05) is 19.2 Å². The first-order chi connectivity index (χ1) is 10.1. The Morgan fingerprint density at radius 2 is 1.81 bits per heavy atom. The highest BCUT2D eigenvalue weighted by Crippen LogP contribution is 2.10. The molecular weight excluding hydrogens is 266 g/mol. The van der Waals surface area contributed by atoms with Gasteiger partial charge in [-0.25, -0.2) is 0 Å². The van der Waals surface area contributed by atoms with Crippen LogP contribution in [0, 0.1) is 0 Å². The Morgan fingerprint density at radius 3 is 2.48 bits per heavy atom. The molecule has 0 saturated heterocycles. The zero-order chi connectivity index (χ0) is 15.2. The van der Waals surface area contributed by atoms with Crippen LogP contribution in [0.15, 0.2) is 47.3 Å². The molecule has 0 saturated carbocycles. The molecule has 0 unspecified atom stereocenters. The van der Waals surface area contributed by atoms with Crippen molar-refractivity contribution in [1.82, 2.24) is 15.2 Å². The lowest BCUT2D eigenvalue weighted by Gasteiger charge is -2.14. The van der Waals surface area contributed by atoms with Gasteiger partial charge in [0.2, 0.25) is 5.56 Å². The largest absolute Gasteiger partial charge is 0.347 e. The molecule has 0 fully saturated rings. The van der Waals surface area contributed by atoms with Gasteiger partial charge >= 0.3 is 0 Å². The summed E-state index contributed by atoms with van der Waals surface area (Å²) in [4.78, 5) is 27.8. The number of hydrogen-bond donors (Lipinski definition) is 2. The number of rotatable bonds is 5. The maximum absolute atomic E-state index is 12.0. The van der Waals surface area contributed by atoms with Crippen LogP contribution in [0.3, 0.4) is 0 Å². The van der Waals surface area contributed by atoms with Gasteiger partial charge in [-0.05, 0) is 31.3 Å². The second-order valence-electron chi connectivity index (χ2n) is 5.12. The summed E-state index contributed by atoms with van der Waals surface area (Å²) in [5, 5.41) is 2.83. The molecule has 0 aliphatic heterocycles. The molecule has 0 radical (unpaired) electrons. The molecule has 0 bridgehead atoms. The van der Waals surface area contributed by atoms with E-state index in [0.717, 1.165) is 12.1 Å². The standard InChI is InChI=1S/C16H19N3O2/c1-19(2)11-13-7-4-3-6-12(13)10-17-16(21)14-8-5-9-15(20)18-14/h3-9H,10-11H2,1-2H3,(H,17,21)(H,18,20). The quantitative estimate of drug-likeness (QED) is 0.872. The van der Waals surface area contributed by atoms with Crippen molar-refractivity contribution >= 4 is 5.91 Å². The third kappa shape index (κ3) is 4.29. The fourth-order valence-electron chi connectivity index (χ4n) is 2.08. The van der Waals surface area contributed by atoms with Gasteiger partial charge in [0.05, 0.1) is 0 Å². The Morgan fingerprint density at radius 1 is 1.10 bits per heavy atom. The molecule has 2 N–H and O–H groups in total. The van der Waals surface area contributed by atoms with Gasteiger partial charge in [0.1, 0.15) is 5.69 Å². The molecule has 2 aromatic rings. The van der Waals surface area contributed by atoms with E-state index >= 15 is 0 Å². The number of amides is 1. The molecule has 1 heterocycles. The van der Waals surface area contributed by atoms with Gasteiger partial charge < -0.3 is 15.2 Å². The SMILES string of the molecule is CN(C)Cc1ccccc1CNC(=O)c1cccc(=O)[nH]1. The fourth-order valence-corrected chi connectivity index (χ4v) is 2.08. The van der Waals surface area contributed by atoms with Gasteiger partial charge in [0.25, 0.3) is 5.91 Å². The fraction of sp³-hybridized carbons (Fsp3) is 0.250. The number of carbonyl (C=O) groups excluding carboxylic acids is 1. The lowest BCUT2D eigenvalue weighted by atomic mass is 10.1. The summed E-state index contributed by atoms with van der Waals surface area (Å²) in [6, 6.07) is 12.5. The van der Waals surface area contributed by atoms with E-state index in [-0.39, 0.29) is 17.2 Å². The normalized spacial score (nSPS) is 10.6. The van der Waals surface area contributed by atoms with Crippen LogP contribution in [0.2, 0.25) is 0 Å². The summed E-state index contributed by atoms with van der Waals surface area (Å²) in [5.74, 6) is -0.285. The van der Waals surface area contributed by atoms with Crippen molar-refractivity contribution in [2.75, 3.05) is 14.1 Å². The summed E-state index contributed by atoms with van der Waals surface area (Å²) < 4.78 is 0. The predicted molar refractivity (Wildman–Crippen MR) is 82.1 cm³/mol. The zero-order valence-corrected chi connectivity index (χ0v) is 12.2. The van der Waals surface area contributed by atoms with Crippen LogP contribution >= 0.6 is 0 Å². The molecule has 1 aromatic carbocycles. The van der Waals surface area contributed by atoms with E-state index in [0.29, 0.717) is 6.54 Å². The first-order valence-corrected chi connectivity index (χ1v) is 6.75. The second kappa shape index (κ2) is 6.85. The van der Waals surface area contributed by atoms with Crippen molar-refractivity contribution in [2.24, 2.45) is 0 Å². The number of nitrogens with zero attached hydrogens (tertiary/aromatic N) is 1. The van der Waals surface area contributed by atoms with E-state index in [9.17, 15) is 9.59 Å². The summed E-state index contributed by atoms with van der Waals surface area (Å²) >= 11 is 0. The smallest absolute Gasteiger partial charge is 0.268 e. The molecule has 1 aromatic heterocycles. The summed E-state index contributed by atoms with van der Waals surface area (Å²) in [6.07, 6.45) is 0. The predicted octanol–water partition coefficient (Wildman–Crippen LogP) is 1.37. The summed E-state index contributed by atoms with van der Waals surface area (Å²) in [5.41, 5.74) is 2.23. The van der Waals surface area contributed by atoms with Crippen LogP contribution in [0.4, 0.5) is 0 Å². The van der Waals surface area contributed by atoms with Gasteiger partial charge in [-0.2, -0.15) is 0 Å². The van der Waals surface area contributed by atoms with Crippen molar-refractivity contribution in [3.8, 4) is 0 Å². The maximum atomic E-state index is 12.0. The average molecular weight is 285 g/mol. The molecular formula is C16H19N3O2. The molecule has 0 aliphatic carbocycles. The molecule has 110 valence electrons. The molecule has 5 heteroatoms. The van der Waals surface area contributed by atoms with E-state index in [2.05, 4.69) is 15.2 Å². The van der Waals surface area contributed by atoms with E-state index < -0.39 is 0 Å². The highest BCUT2D eigenvalue weighted by Gasteiger charge is 2.08. The number of benzene rings is 1. The highest BCUT2D eigenvalue weighted by molar-refractivity contribution is 5.92. The van der Waals surface area contributed by atoms with E-state index in [1.165, 1.54) is 11.6 Å². The Bertz CT molecular complexity index is 677. The molecule has 1 amide bonds. The van der Waals surface area contributed by atoms with E-state index in [1.54, 1.807) is 12.1 Å². The first-order valence-electron chi connectivity index (χ1n) is 6.75. The molecule has 0 aliphatic rings. The van der Waals surface area contributed by atoms with Crippen LogP contribution in [0.1, 0.15) is 21.6 Å². The summed E-state index contributed by atoms with van der Waals surface area (Å²) in [7, 11) is 4.01. The van der Waals surface area contributed by atoms with Crippen molar-refractivity contribution in [2.45, 2.75) is 13.1 Å². The van der Waals surface area contributed by atoms with Crippen LogP contribution in [0.25, 0.3) is 0 Å². The monoisotopic (exact) mass is 285 g/mol. The number of hydrogen-bond acceptors (Lipinski definition) is 3. The number of pyridine rings is 1. The van der Waals surface area contributed by atoms with Gasteiger partial charge in [0.15, 0.2) is 0 Å². The third-order valence-electron chi connectivity index (χ3n) is 3.06. The number of carbonyl (C=O) groups is 1. The minimum atomic E-state index is -0.285. The van der Waals surface area contributed by atoms with Gasteiger partial charge in [-0.15, -0.1) is 0 Å². The number of nitrogens with one attached hydrogen (secondary N) is 2. The number of aromatic amines is 1.